The van der Waals surface area contributed by atoms with Crippen LogP contribution < -0.4 is 16.9 Å². The fraction of sp³-hybridized carbons (Fsp3) is 0.545. The van der Waals surface area contributed by atoms with E-state index in [9.17, 15) is 29.2 Å². The van der Waals surface area contributed by atoms with E-state index in [4.69, 9.17) is 14.5 Å². The van der Waals surface area contributed by atoms with Gasteiger partial charge in [-0.3, -0.25) is 23.9 Å². The summed E-state index contributed by atoms with van der Waals surface area (Å²) in [4.78, 5) is 58.0. The fourth-order valence-corrected chi connectivity index (χ4v) is 3.45. The summed E-state index contributed by atoms with van der Waals surface area (Å²) in [6.07, 6.45) is -6.43. The van der Waals surface area contributed by atoms with Gasteiger partial charge in [-0.15, -0.1) is 0 Å². The number of nitrogens with one attached hydrogen (secondary N) is 2. The number of aromatic amines is 2. The van der Waals surface area contributed by atoms with E-state index in [2.05, 4.69) is 9.51 Å². The van der Waals surface area contributed by atoms with Gasteiger partial charge in [0.25, 0.3) is 5.56 Å². The van der Waals surface area contributed by atoms with Gasteiger partial charge in [0.1, 0.15) is 18.3 Å². The van der Waals surface area contributed by atoms with Crippen molar-refractivity contribution >= 4 is 19.0 Å². The first-order chi connectivity index (χ1) is 12.0. The maximum absolute atomic E-state index is 12.3. The van der Waals surface area contributed by atoms with Gasteiger partial charge in [0.15, 0.2) is 17.4 Å². The molecule has 1 aliphatic rings. The number of imidazole rings is 1. The van der Waals surface area contributed by atoms with Crippen molar-refractivity contribution in [2.45, 2.75) is 24.5 Å². The second-order valence-electron chi connectivity index (χ2n) is 5.62. The second-order valence-corrected chi connectivity index (χ2v) is 6.81. The summed E-state index contributed by atoms with van der Waals surface area (Å²) in [6, 6.07) is 0. The number of nitrogens with zero attached hydrogens (tertiary/aromatic N) is 2. The first-order valence-corrected chi connectivity index (χ1v) is 8.70. The van der Waals surface area contributed by atoms with Crippen LogP contribution in [0.15, 0.2) is 14.4 Å². The Bertz CT molecular complexity index is 1060. The minimum absolute atomic E-state index is 0.221. The number of aromatic nitrogens is 4. The third kappa shape index (κ3) is 2.97. The molecule has 1 saturated heterocycles. The van der Waals surface area contributed by atoms with Crippen LogP contribution in [0.2, 0.25) is 0 Å². The van der Waals surface area contributed by atoms with Gasteiger partial charge >= 0.3 is 19.2 Å². The van der Waals surface area contributed by atoms with Crippen LogP contribution in [0.1, 0.15) is 6.23 Å². The molecule has 0 radical (unpaired) electrons. The molecule has 144 valence electrons. The molecule has 1 fully saturated rings. The summed E-state index contributed by atoms with van der Waals surface area (Å²) in [5.74, 6) is 0. The monoisotopic (exact) mass is 394 g/mol. The fourth-order valence-electron chi connectivity index (χ4n) is 2.87. The van der Waals surface area contributed by atoms with Gasteiger partial charge in [-0.05, 0) is 0 Å². The lowest BCUT2D eigenvalue weighted by Crippen LogP contribution is -2.37. The van der Waals surface area contributed by atoms with E-state index in [-0.39, 0.29) is 11.2 Å². The van der Waals surface area contributed by atoms with Crippen molar-refractivity contribution in [1.29, 1.82) is 0 Å². The maximum Gasteiger partial charge on any atom is 0.470 e. The summed E-state index contributed by atoms with van der Waals surface area (Å²) in [7, 11) is -3.80. The van der Waals surface area contributed by atoms with E-state index in [0.717, 1.165) is 9.13 Å². The minimum atomic E-state index is -5.05. The van der Waals surface area contributed by atoms with Crippen molar-refractivity contribution in [3.05, 3.63) is 31.3 Å². The number of H-pyrrole nitrogens is 2. The van der Waals surface area contributed by atoms with Crippen LogP contribution in [0, 0.1) is 0 Å². The van der Waals surface area contributed by atoms with E-state index in [0.29, 0.717) is 0 Å². The predicted octanol–water partition coefficient (Wildman–Crippen LogP) is -3.55. The number of hydrogen-bond donors (Lipinski definition) is 6. The van der Waals surface area contributed by atoms with Crippen molar-refractivity contribution in [1.82, 2.24) is 19.1 Å². The number of aliphatic hydroxyl groups is 2. The lowest BCUT2D eigenvalue weighted by atomic mass is 10.1. The first-order valence-electron chi connectivity index (χ1n) is 7.17. The third-order valence-corrected chi connectivity index (χ3v) is 4.49. The number of aliphatic hydroxyl groups excluding tert-OH is 2. The number of rotatable bonds is 4. The summed E-state index contributed by atoms with van der Waals surface area (Å²) in [6.45, 7) is -0.783. The van der Waals surface area contributed by atoms with E-state index in [1.54, 1.807) is 0 Å². The Labute approximate surface area is 142 Å². The number of phosphoric ester groups is 1. The Morgan fingerprint density at radius 1 is 1.23 bits per heavy atom. The Kier molecular flexibility index (Phi) is 4.52. The zero-order valence-electron chi connectivity index (χ0n) is 13.1. The maximum atomic E-state index is 12.3. The molecule has 0 spiro atoms. The molecular weight excluding hydrogens is 379 g/mol. The number of hydrogen-bond acceptors (Lipinski definition) is 8. The van der Waals surface area contributed by atoms with Gasteiger partial charge in [-0.2, -0.15) is 0 Å². The van der Waals surface area contributed by atoms with E-state index < -0.39 is 55.9 Å². The molecule has 0 amide bonds. The van der Waals surface area contributed by atoms with E-state index in [1.165, 1.54) is 7.05 Å². The largest absolute Gasteiger partial charge is 0.470 e. The second kappa shape index (κ2) is 6.28. The molecule has 26 heavy (non-hydrogen) atoms. The molecule has 0 unspecified atom stereocenters. The quantitative estimate of drug-likeness (QED) is 0.281. The van der Waals surface area contributed by atoms with Crippen molar-refractivity contribution in [2.75, 3.05) is 6.61 Å². The number of fused-ring (bicyclic) bond motifs is 1. The predicted molar refractivity (Wildman–Crippen MR) is 82.3 cm³/mol. The minimum Gasteiger partial charge on any atom is -0.394 e. The van der Waals surface area contributed by atoms with Crippen LogP contribution in [0.3, 0.4) is 0 Å². The van der Waals surface area contributed by atoms with Crippen LogP contribution in [-0.2, 0) is 20.9 Å². The third-order valence-electron chi connectivity index (χ3n) is 3.98. The molecule has 3 heterocycles. The molecule has 2 aromatic rings. The summed E-state index contributed by atoms with van der Waals surface area (Å²) >= 11 is 0. The van der Waals surface area contributed by atoms with Crippen molar-refractivity contribution in [3.63, 3.8) is 0 Å². The Balaban J connectivity index is 2.17. The highest BCUT2D eigenvalue weighted by molar-refractivity contribution is 7.46. The molecule has 0 bridgehead atoms. The molecule has 14 nitrogen and oxygen atoms in total. The summed E-state index contributed by atoms with van der Waals surface area (Å²) < 4.78 is 22.5. The first kappa shape index (κ1) is 18.7. The van der Waals surface area contributed by atoms with Crippen LogP contribution in [0.25, 0.3) is 11.2 Å². The molecule has 4 atom stereocenters. The Hall–Kier alpha value is -2.06. The number of aryl methyl sites for hydroxylation is 1. The standard InChI is InChI=1S/C11H15N4O10P/c1-14-8-4(7(18)13-10(14)19)12-11(20)15(8)9-5(17)6(3(2-16)24-9)25-26(21,22)23/h3,5-6,9,16-17H,2H2,1H3,(H,12,20)(H,13,18,19)(H2,21,22,23)/t3-,5-,6-,9-/m1/s1. The lowest BCUT2D eigenvalue weighted by molar-refractivity contribution is -0.0525. The smallest absolute Gasteiger partial charge is 0.394 e. The topological polar surface area (TPSA) is 209 Å². The Morgan fingerprint density at radius 2 is 1.88 bits per heavy atom. The van der Waals surface area contributed by atoms with Crippen LogP contribution >= 0.6 is 7.82 Å². The SMILES string of the molecule is Cn1c(=O)[nH]c(=O)c2[nH]c(=O)n([C@@H]3O[C@H](CO)[C@@H](OP(=O)(O)O)[C@H]3O)c21. The molecule has 3 rings (SSSR count). The normalized spacial score (nSPS) is 26.7. The lowest BCUT2D eigenvalue weighted by Gasteiger charge is -2.20. The number of ether oxygens (including phenoxy) is 1. The van der Waals surface area contributed by atoms with Gasteiger partial charge in [-0.25, -0.2) is 18.7 Å². The zero-order valence-corrected chi connectivity index (χ0v) is 14.0. The van der Waals surface area contributed by atoms with Gasteiger partial charge in [0.2, 0.25) is 0 Å². The highest BCUT2D eigenvalue weighted by Gasteiger charge is 2.49. The van der Waals surface area contributed by atoms with Crippen LogP contribution in [-0.4, -0.2) is 64.0 Å². The molecule has 2 aromatic heterocycles. The van der Waals surface area contributed by atoms with Gasteiger partial charge in [-0.1, -0.05) is 0 Å². The molecule has 0 aliphatic carbocycles. The average Bonchev–Trinajstić information content (AvgIpc) is 3.02. The van der Waals surface area contributed by atoms with Crippen molar-refractivity contribution in [3.8, 4) is 0 Å². The van der Waals surface area contributed by atoms with E-state index in [1.807, 2.05) is 4.98 Å². The Morgan fingerprint density at radius 3 is 2.46 bits per heavy atom. The molecular formula is C11H15N4O10P. The molecule has 0 aromatic carbocycles. The van der Waals surface area contributed by atoms with Crippen LogP contribution in [0.5, 0.6) is 0 Å². The van der Waals surface area contributed by atoms with Crippen molar-refractivity contribution in [2.24, 2.45) is 7.05 Å². The van der Waals surface area contributed by atoms with Gasteiger partial charge in [0, 0.05) is 7.05 Å². The molecule has 0 saturated carbocycles. The molecule has 1 aliphatic heterocycles. The average molecular weight is 394 g/mol. The highest BCUT2D eigenvalue weighted by atomic mass is 31.2. The zero-order chi connectivity index (χ0) is 19.4. The van der Waals surface area contributed by atoms with E-state index >= 15 is 0 Å². The van der Waals surface area contributed by atoms with Crippen LogP contribution in [0.4, 0.5) is 0 Å². The van der Waals surface area contributed by atoms with Gasteiger partial charge in [0.05, 0.1) is 6.61 Å². The molecule has 15 heteroatoms. The van der Waals surface area contributed by atoms with Crippen molar-refractivity contribution < 1.29 is 33.8 Å². The molecule has 6 N–H and O–H groups in total. The number of phosphoric acid groups is 1. The summed E-state index contributed by atoms with van der Waals surface area (Å²) in [5.41, 5.74) is -3.14. The highest BCUT2D eigenvalue weighted by Crippen LogP contribution is 2.43. The van der Waals surface area contributed by atoms with Gasteiger partial charge < -0.3 is 24.7 Å². The summed E-state index contributed by atoms with van der Waals surface area (Å²) in [5, 5.41) is 19.7.